The first-order valence-electron chi connectivity index (χ1n) is 4.26. The molecule has 0 bridgehead atoms. The number of hydrogen-bond donors (Lipinski definition) is 1. The molecule has 0 radical (unpaired) electrons. The van der Waals surface area contributed by atoms with Crippen LogP contribution in [0.5, 0.6) is 0 Å². The Morgan fingerprint density at radius 1 is 0.938 bits per heavy atom. The van der Waals surface area contributed by atoms with E-state index in [9.17, 15) is 22.0 Å². The zero-order chi connectivity index (χ0) is 12.0. The maximum atomic E-state index is 13.7. The molecule has 7 heteroatoms. The van der Waals surface area contributed by atoms with Crippen molar-refractivity contribution < 1.29 is 26.7 Å². The molecule has 0 saturated carbocycles. The van der Waals surface area contributed by atoms with Gasteiger partial charge in [0.15, 0.2) is 0 Å². The van der Waals surface area contributed by atoms with Gasteiger partial charge in [0, 0.05) is 5.56 Å². The van der Waals surface area contributed by atoms with Crippen molar-refractivity contribution in [3.8, 4) is 0 Å². The summed E-state index contributed by atoms with van der Waals surface area (Å²) in [6, 6.07) is 1.48. The summed E-state index contributed by atoms with van der Waals surface area (Å²) in [5, 5.41) is 0.841. The van der Waals surface area contributed by atoms with E-state index >= 15 is 0 Å². The Kier molecular flexibility index (Phi) is 2.22. The Balaban J connectivity index is 2.38. The Hall–Kier alpha value is -1.21. The molecule has 1 atom stereocenters. The third kappa shape index (κ3) is 1.56. The normalized spacial score (nSPS) is 31.6. The summed E-state index contributed by atoms with van der Waals surface area (Å²) in [5.74, 6) is -3.39. The fourth-order valence-corrected chi connectivity index (χ4v) is 1.32. The minimum atomic E-state index is -4.89. The van der Waals surface area contributed by atoms with Gasteiger partial charge in [0.25, 0.3) is 0 Å². The van der Waals surface area contributed by atoms with Gasteiger partial charge in [0.1, 0.15) is 0 Å². The van der Waals surface area contributed by atoms with E-state index in [2.05, 4.69) is 4.74 Å². The van der Waals surface area contributed by atoms with Gasteiger partial charge in [0.05, 0.1) is 0 Å². The summed E-state index contributed by atoms with van der Waals surface area (Å²) in [6.07, 6.45) is -4.89. The number of nitrogens with one attached hydrogen (secondary N) is 1. The first-order chi connectivity index (χ1) is 7.27. The first kappa shape index (κ1) is 11.3. The fourth-order valence-electron chi connectivity index (χ4n) is 1.32. The van der Waals surface area contributed by atoms with Crippen LogP contribution in [0, 0.1) is 0 Å². The highest BCUT2D eigenvalue weighted by Crippen LogP contribution is 2.47. The molecular formula is C9H6F5NO. The van der Waals surface area contributed by atoms with Gasteiger partial charge in [-0.05, 0) is 0 Å². The lowest BCUT2D eigenvalue weighted by Crippen LogP contribution is -2.46. The van der Waals surface area contributed by atoms with Gasteiger partial charge >= 0.3 is 18.1 Å². The molecular weight excluding hydrogens is 233 g/mol. The van der Waals surface area contributed by atoms with Crippen molar-refractivity contribution in [3.63, 3.8) is 0 Å². The van der Waals surface area contributed by atoms with E-state index in [-0.39, 0.29) is 0 Å². The monoisotopic (exact) mass is 239 g/mol. The third-order valence-electron chi connectivity index (χ3n) is 2.10. The van der Waals surface area contributed by atoms with Crippen molar-refractivity contribution >= 4 is 0 Å². The molecule has 1 aliphatic rings. The van der Waals surface area contributed by atoms with Crippen molar-refractivity contribution in [1.82, 2.24) is 5.32 Å². The zero-order valence-corrected chi connectivity index (χ0v) is 7.68. The summed E-state index contributed by atoms with van der Waals surface area (Å²) >= 11 is 0. The van der Waals surface area contributed by atoms with Gasteiger partial charge in [-0.25, -0.2) is 0 Å². The molecule has 2 rings (SSSR count). The summed E-state index contributed by atoms with van der Waals surface area (Å²) in [4.78, 5) is 0. The molecule has 0 aromatic heterocycles. The van der Waals surface area contributed by atoms with Crippen molar-refractivity contribution in [2.45, 2.75) is 18.1 Å². The number of alkyl halides is 5. The number of ether oxygens (including phenoxy) is 1. The molecule has 1 aromatic rings. The molecule has 1 N–H and O–H groups in total. The van der Waals surface area contributed by atoms with Crippen LogP contribution in [0.1, 0.15) is 5.56 Å². The average molecular weight is 239 g/mol. The van der Waals surface area contributed by atoms with E-state index in [1.807, 2.05) is 0 Å². The Morgan fingerprint density at radius 2 is 1.50 bits per heavy atom. The van der Waals surface area contributed by atoms with Crippen molar-refractivity contribution in [2.75, 3.05) is 0 Å². The highest BCUT2D eigenvalue weighted by atomic mass is 19.3. The number of benzene rings is 1. The molecule has 1 saturated heterocycles. The molecule has 1 aliphatic heterocycles. The summed E-state index contributed by atoms with van der Waals surface area (Å²) < 4.78 is 67.8. The fraction of sp³-hybridized carbons (Fsp3) is 0.333. The van der Waals surface area contributed by atoms with Gasteiger partial charge in [-0.3, -0.25) is 4.74 Å². The zero-order valence-electron chi connectivity index (χ0n) is 7.68. The largest absolute Gasteiger partial charge is 0.438 e. The van der Waals surface area contributed by atoms with Crippen LogP contribution in [0.25, 0.3) is 0 Å². The maximum Gasteiger partial charge on any atom is 0.438 e. The predicted octanol–water partition coefficient (Wildman–Crippen LogP) is 2.57. The Morgan fingerprint density at radius 3 is 1.94 bits per heavy atom. The minimum absolute atomic E-state index is 0.452. The quantitative estimate of drug-likeness (QED) is 0.600. The number of rotatable bonds is 1. The second kappa shape index (κ2) is 3.14. The lowest BCUT2D eigenvalue weighted by atomic mass is 10.2. The topological polar surface area (TPSA) is 21.3 Å². The van der Waals surface area contributed by atoms with E-state index in [0.717, 1.165) is 17.4 Å². The molecule has 1 unspecified atom stereocenters. The molecule has 1 fully saturated rings. The van der Waals surface area contributed by atoms with Gasteiger partial charge in [0.2, 0.25) is 0 Å². The van der Waals surface area contributed by atoms with Gasteiger partial charge in [-0.15, -0.1) is 0 Å². The van der Waals surface area contributed by atoms with Gasteiger partial charge < -0.3 is 0 Å². The van der Waals surface area contributed by atoms with Crippen LogP contribution < -0.4 is 5.32 Å². The van der Waals surface area contributed by atoms with E-state index < -0.39 is 23.7 Å². The SMILES string of the molecule is FC1(c2ccccc2)NC(F)(F)C(F)(F)O1. The maximum absolute atomic E-state index is 13.7. The van der Waals surface area contributed by atoms with Crippen LogP contribution in [0.2, 0.25) is 0 Å². The molecule has 1 heterocycles. The Bertz CT molecular complexity index is 378. The minimum Gasteiger partial charge on any atom is -0.259 e. The van der Waals surface area contributed by atoms with E-state index in [4.69, 9.17) is 0 Å². The molecule has 88 valence electrons. The standard InChI is InChI=1S/C9H6F5NO/c10-7(6-4-2-1-3-5-6)15-8(11,12)9(13,14)16-7/h1-5,15H. The summed E-state index contributed by atoms with van der Waals surface area (Å²) in [5.41, 5.74) is -0.452. The van der Waals surface area contributed by atoms with Crippen LogP contribution in [-0.4, -0.2) is 12.2 Å². The van der Waals surface area contributed by atoms with Crippen molar-refractivity contribution in [1.29, 1.82) is 0 Å². The molecule has 1 aromatic carbocycles. The first-order valence-corrected chi connectivity index (χ1v) is 4.26. The average Bonchev–Trinajstić information content (AvgIpc) is 2.33. The van der Waals surface area contributed by atoms with Gasteiger partial charge in [-0.1, -0.05) is 30.3 Å². The summed E-state index contributed by atoms with van der Waals surface area (Å²) in [6.45, 7) is 0. The molecule has 0 aliphatic carbocycles. The van der Waals surface area contributed by atoms with Crippen LogP contribution in [0.15, 0.2) is 30.3 Å². The van der Waals surface area contributed by atoms with E-state index in [1.165, 1.54) is 18.2 Å². The van der Waals surface area contributed by atoms with Crippen LogP contribution in [0.3, 0.4) is 0 Å². The smallest absolute Gasteiger partial charge is 0.259 e. The van der Waals surface area contributed by atoms with Gasteiger partial charge in [-0.2, -0.15) is 27.3 Å². The Labute approximate surface area is 87.0 Å². The van der Waals surface area contributed by atoms with Crippen molar-refractivity contribution in [3.05, 3.63) is 35.9 Å². The second-order valence-corrected chi connectivity index (χ2v) is 3.28. The van der Waals surface area contributed by atoms with Crippen LogP contribution >= 0.6 is 0 Å². The number of hydrogen-bond acceptors (Lipinski definition) is 2. The molecule has 2 nitrogen and oxygen atoms in total. The van der Waals surface area contributed by atoms with Crippen LogP contribution in [-0.2, 0) is 10.7 Å². The number of halogens is 5. The highest BCUT2D eigenvalue weighted by Gasteiger charge is 2.71. The highest BCUT2D eigenvalue weighted by molar-refractivity contribution is 5.21. The second-order valence-electron chi connectivity index (χ2n) is 3.28. The molecule has 0 spiro atoms. The summed E-state index contributed by atoms with van der Waals surface area (Å²) in [7, 11) is 0. The van der Waals surface area contributed by atoms with Crippen molar-refractivity contribution in [2.24, 2.45) is 0 Å². The van der Waals surface area contributed by atoms with E-state index in [0.29, 0.717) is 0 Å². The molecule has 16 heavy (non-hydrogen) atoms. The van der Waals surface area contributed by atoms with Crippen LogP contribution in [0.4, 0.5) is 22.0 Å². The lowest BCUT2D eigenvalue weighted by molar-refractivity contribution is -0.339. The predicted molar refractivity (Wildman–Crippen MR) is 43.3 cm³/mol. The third-order valence-corrected chi connectivity index (χ3v) is 2.10. The molecule has 0 amide bonds. The lowest BCUT2D eigenvalue weighted by Gasteiger charge is -2.18. The van der Waals surface area contributed by atoms with E-state index in [1.54, 1.807) is 0 Å².